The summed E-state index contributed by atoms with van der Waals surface area (Å²) >= 11 is 0. The summed E-state index contributed by atoms with van der Waals surface area (Å²) in [4.78, 5) is 15.3. The summed E-state index contributed by atoms with van der Waals surface area (Å²) in [6, 6.07) is 0. The molecule has 0 radical (unpaired) electrons. The quantitative estimate of drug-likeness (QED) is 0.255. The first-order valence-corrected chi connectivity index (χ1v) is 5.00. The van der Waals surface area contributed by atoms with E-state index >= 15 is 0 Å². The Morgan fingerprint density at radius 1 is 1.10 bits per heavy atom. The molecule has 0 aliphatic carbocycles. The number of rotatable bonds is 5. The lowest BCUT2D eigenvalue weighted by atomic mass is 10.6. The molecule has 0 bridgehead atoms. The van der Waals surface area contributed by atoms with Crippen molar-refractivity contribution in [1.29, 1.82) is 0 Å². The van der Waals surface area contributed by atoms with Crippen molar-refractivity contribution >= 4 is 29.6 Å². The van der Waals surface area contributed by atoms with Gasteiger partial charge in [-0.3, -0.25) is 0 Å². The van der Waals surface area contributed by atoms with Crippen molar-refractivity contribution in [2.45, 2.75) is 0 Å². The van der Waals surface area contributed by atoms with Crippen LogP contribution >= 0.6 is 0 Å². The summed E-state index contributed by atoms with van der Waals surface area (Å²) < 4.78 is 8.64. The van der Waals surface area contributed by atoms with Crippen LogP contribution in [0.15, 0.2) is 24.5 Å². The lowest BCUT2D eigenvalue weighted by Crippen LogP contribution is -2.06. The van der Waals surface area contributed by atoms with Crippen LogP contribution < -0.4 is 0 Å². The van der Waals surface area contributed by atoms with Gasteiger partial charge in [0, 0.05) is 19.3 Å². The van der Waals surface area contributed by atoms with Gasteiger partial charge in [0.15, 0.2) is 5.16 Å². The Labute approximate surface area is 110 Å². The standard InChI is InChI=1S/C7H7N9O4/c1-15(2)3-8-4-5(12-19-11-4)9-10-6-7(16(17)18)14-20-13-6/h3H,1-2H3. The Bertz CT molecular complexity index is 657. The first-order chi connectivity index (χ1) is 9.58. The Hall–Kier alpha value is -3.25. The molecule has 0 fully saturated rings. The zero-order chi connectivity index (χ0) is 14.5. The lowest BCUT2D eigenvalue weighted by Gasteiger charge is -1.99. The number of aromatic nitrogens is 4. The van der Waals surface area contributed by atoms with Crippen molar-refractivity contribution in [1.82, 2.24) is 25.5 Å². The maximum absolute atomic E-state index is 10.6. The molecule has 2 heterocycles. The molecule has 104 valence electrons. The normalized spacial score (nSPS) is 11.5. The predicted molar refractivity (Wildman–Crippen MR) is 61.3 cm³/mol. The van der Waals surface area contributed by atoms with E-state index in [9.17, 15) is 10.1 Å². The predicted octanol–water partition coefficient (Wildman–Crippen LogP) is 0.998. The highest BCUT2D eigenvalue weighted by Gasteiger charge is 2.22. The van der Waals surface area contributed by atoms with Gasteiger partial charge in [0.25, 0.3) is 5.82 Å². The third-order valence-electron chi connectivity index (χ3n) is 1.73. The van der Waals surface area contributed by atoms with E-state index in [1.165, 1.54) is 6.34 Å². The fraction of sp³-hybridized carbons (Fsp3) is 0.286. The van der Waals surface area contributed by atoms with Gasteiger partial charge in [0.1, 0.15) is 0 Å². The summed E-state index contributed by atoms with van der Waals surface area (Å²) in [5.41, 5.74) is 0. The van der Waals surface area contributed by atoms with E-state index in [0.717, 1.165) is 0 Å². The maximum Gasteiger partial charge on any atom is 0.462 e. The average molecular weight is 281 g/mol. The minimum Gasteiger partial charge on any atom is -0.369 e. The number of azo groups is 1. The molecule has 0 aliphatic heterocycles. The number of hydrogen-bond acceptors (Lipinski definition) is 11. The zero-order valence-electron chi connectivity index (χ0n) is 10.2. The lowest BCUT2D eigenvalue weighted by molar-refractivity contribution is -0.390. The molecular formula is C7H7N9O4. The van der Waals surface area contributed by atoms with Gasteiger partial charge in [-0.25, -0.2) is 9.62 Å². The highest BCUT2D eigenvalue weighted by atomic mass is 16.6. The van der Waals surface area contributed by atoms with E-state index in [2.05, 4.69) is 45.1 Å². The summed E-state index contributed by atoms with van der Waals surface area (Å²) in [6.07, 6.45) is 1.44. The fourth-order valence-corrected chi connectivity index (χ4v) is 0.946. The Morgan fingerprint density at radius 2 is 1.70 bits per heavy atom. The molecule has 0 spiro atoms. The first kappa shape index (κ1) is 13.2. The van der Waals surface area contributed by atoms with E-state index in [0.29, 0.717) is 0 Å². The maximum atomic E-state index is 10.6. The number of nitro groups is 1. The van der Waals surface area contributed by atoms with Crippen molar-refractivity contribution in [2.75, 3.05) is 14.1 Å². The van der Waals surface area contributed by atoms with E-state index in [1.807, 2.05) is 0 Å². The van der Waals surface area contributed by atoms with Crippen LogP contribution in [0.1, 0.15) is 0 Å². The molecule has 0 aromatic carbocycles. The van der Waals surface area contributed by atoms with Crippen LogP contribution in [0, 0.1) is 10.1 Å². The van der Waals surface area contributed by atoms with Gasteiger partial charge in [-0.15, -0.1) is 14.9 Å². The second kappa shape index (κ2) is 5.59. The van der Waals surface area contributed by atoms with Crippen molar-refractivity contribution in [3.8, 4) is 0 Å². The van der Waals surface area contributed by atoms with E-state index in [4.69, 9.17) is 0 Å². The Kier molecular flexibility index (Phi) is 3.69. The average Bonchev–Trinajstić information content (AvgIpc) is 3.02. The highest BCUT2D eigenvalue weighted by Crippen LogP contribution is 2.27. The van der Waals surface area contributed by atoms with Crippen LogP contribution in [0.5, 0.6) is 0 Å². The van der Waals surface area contributed by atoms with E-state index < -0.39 is 16.6 Å². The minimum absolute atomic E-state index is 0.0570. The third kappa shape index (κ3) is 2.95. The molecule has 2 aromatic rings. The smallest absolute Gasteiger partial charge is 0.369 e. The molecule has 0 unspecified atom stereocenters. The Balaban J connectivity index is 2.22. The molecule has 2 aromatic heterocycles. The summed E-state index contributed by atoms with van der Waals surface area (Å²) in [5, 5.41) is 30.8. The van der Waals surface area contributed by atoms with Gasteiger partial charge in [0.2, 0.25) is 5.82 Å². The topological polar surface area (TPSA) is 161 Å². The van der Waals surface area contributed by atoms with Gasteiger partial charge < -0.3 is 15.0 Å². The molecule has 0 amide bonds. The molecule has 0 saturated carbocycles. The second-order valence-corrected chi connectivity index (χ2v) is 3.49. The molecule has 0 saturated heterocycles. The second-order valence-electron chi connectivity index (χ2n) is 3.49. The van der Waals surface area contributed by atoms with Crippen LogP contribution in [0.3, 0.4) is 0 Å². The van der Waals surface area contributed by atoms with Crippen LogP contribution in [0.25, 0.3) is 0 Å². The monoisotopic (exact) mass is 281 g/mol. The van der Waals surface area contributed by atoms with E-state index in [-0.39, 0.29) is 11.6 Å². The fourth-order valence-electron chi connectivity index (χ4n) is 0.946. The highest BCUT2D eigenvalue weighted by molar-refractivity contribution is 5.63. The van der Waals surface area contributed by atoms with Gasteiger partial charge in [-0.2, -0.15) is 0 Å². The number of aliphatic imine (C=N–C) groups is 1. The first-order valence-electron chi connectivity index (χ1n) is 5.00. The Morgan fingerprint density at radius 3 is 2.40 bits per heavy atom. The molecule has 0 N–H and O–H groups in total. The van der Waals surface area contributed by atoms with Crippen molar-refractivity contribution in [3.63, 3.8) is 0 Å². The van der Waals surface area contributed by atoms with Crippen LogP contribution in [-0.4, -0.2) is 50.9 Å². The largest absolute Gasteiger partial charge is 0.462 e. The minimum atomic E-state index is -0.809. The van der Waals surface area contributed by atoms with Crippen LogP contribution in [0.2, 0.25) is 0 Å². The third-order valence-corrected chi connectivity index (χ3v) is 1.73. The summed E-state index contributed by atoms with van der Waals surface area (Å²) in [5.74, 6) is -1.08. The van der Waals surface area contributed by atoms with Crippen LogP contribution in [-0.2, 0) is 0 Å². The number of hydrogen-bond donors (Lipinski definition) is 0. The van der Waals surface area contributed by atoms with Gasteiger partial charge in [0.05, 0.1) is 6.34 Å². The van der Waals surface area contributed by atoms with Crippen molar-refractivity contribution in [2.24, 2.45) is 15.2 Å². The molecule has 0 aliphatic rings. The van der Waals surface area contributed by atoms with Crippen molar-refractivity contribution < 1.29 is 14.2 Å². The van der Waals surface area contributed by atoms with E-state index in [1.54, 1.807) is 19.0 Å². The molecule has 2 rings (SSSR count). The molecule has 13 heteroatoms. The molecule has 20 heavy (non-hydrogen) atoms. The SMILES string of the molecule is CN(C)C=Nc1nonc1N=Nc1nonc1[N+](=O)[O-]. The zero-order valence-corrected chi connectivity index (χ0v) is 10.2. The summed E-state index contributed by atoms with van der Waals surface area (Å²) in [7, 11) is 3.51. The number of nitrogens with zero attached hydrogens (tertiary/aromatic N) is 9. The molecule has 0 atom stereocenters. The van der Waals surface area contributed by atoms with Crippen molar-refractivity contribution in [3.05, 3.63) is 10.1 Å². The van der Waals surface area contributed by atoms with Crippen LogP contribution in [0.4, 0.5) is 23.3 Å². The summed E-state index contributed by atoms with van der Waals surface area (Å²) in [6.45, 7) is 0. The van der Waals surface area contributed by atoms with Gasteiger partial charge >= 0.3 is 11.6 Å². The molecular weight excluding hydrogens is 274 g/mol. The van der Waals surface area contributed by atoms with Gasteiger partial charge in [-0.05, 0) is 15.2 Å². The molecule has 13 nitrogen and oxygen atoms in total. The van der Waals surface area contributed by atoms with Gasteiger partial charge in [-0.1, -0.05) is 0 Å².